The molecule has 8 nitrogen and oxygen atoms in total. The van der Waals surface area contributed by atoms with Gasteiger partial charge in [-0.25, -0.2) is 9.97 Å². The SMILES string of the molecule is O=C(NCc1ccccc1)[C@H]1CCCN1c1nc2c(=O)[nH]c(-c3ccccc3OC(F)(F)F)nc2s1. The number of carbonyl (C=O) groups is 1. The second kappa shape index (κ2) is 9.61. The number of benzene rings is 2. The van der Waals surface area contributed by atoms with Gasteiger partial charge in [0.25, 0.3) is 5.56 Å². The fraction of sp³-hybridized carbons (Fsp3) is 0.250. The molecule has 36 heavy (non-hydrogen) atoms. The Morgan fingerprint density at radius 1 is 1.14 bits per heavy atom. The highest BCUT2D eigenvalue weighted by Gasteiger charge is 2.34. The van der Waals surface area contributed by atoms with Crippen molar-refractivity contribution in [2.75, 3.05) is 11.4 Å². The zero-order chi connectivity index (χ0) is 25.3. The minimum Gasteiger partial charge on any atom is -0.405 e. The molecule has 3 heterocycles. The number of H-pyrrole nitrogens is 1. The minimum absolute atomic E-state index is 0.0110. The third-order valence-electron chi connectivity index (χ3n) is 5.74. The van der Waals surface area contributed by atoms with Gasteiger partial charge in [0.15, 0.2) is 15.5 Å². The van der Waals surface area contributed by atoms with E-state index >= 15 is 0 Å². The van der Waals surface area contributed by atoms with Crippen LogP contribution in [0.15, 0.2) is 59.4 Å². The normalized spacial score (nSPS) is 15.9. The fourth-order valence-electron chi connectivity index (χ4n) is 4.12. The Labute approximate surface area is 206 Å². The number of amides is 1. The zero-order valence-corrected chi connectivity index (χ0v) is 19.5. The van der Waals surface area contributed by atoms with Crippen LogP contribution in [0.4, 0.5) is 18.3 Å². The molecular formula is C24H20F3N5O3S. The third-order valence-corrected chi connectivity index (χ3v) is 6.72. The average molecular weight is 516 g/mol. The van der Waals surface area contributed by atoms with Crippen molar-refractivity contribution in [1.82, 2.24) is 20.3 Å². The molecule has 0 spiro atoms. The van der Waals surface area contributed by atoms with Gasteiger partial charge in [-0.2, -0.15) is 0 Å². The Bertz CT molecular complexity index is 1450. The first-order chi connectivity index (χ1) is 17.3. The van der Waals surface area contributed by atoms with Gasteiger partial charge < -0.3 is 19.9 Å². The lowest BCUT2D eigenvalue weighted by Crippen LogP contribution is -2.43. The van der Waals surface area contributed by atoms with E-state index in [0.717, 1.165) is 29.4 Å². The predicted octanol–water partition coefficient (Wildman–Crippen LogP) is 4.23. The first kappa shape index (κ1) is 23.8. The molecule has 0 unspecified atom stereocenters. The second-order valence-electron chi connectivity index (χ2n) is 8.16. The van der Waals surface area contributed by atoms with Crippen LogP contribution in [0.25, 0.3) is 21.7 Å². The Balaban J connectivity index is 1.42. The quantitative estimate of drug-likeness (QED) is 0.399. The molecule has 2 N–H and O–H groups in total. The molecule has 1 fully saturated rings. The van der Waals surface area contributed by atoms with Gasteiger partial charge in [0.05, 0.1) is 5.56 Å². The number of nitrogens with one attached hydrogen (secondary N) is 2. The number of ether oxygens (including phenoxy) is 1. The maximum absolute atomic E-state index is 12.9. The Hall–Kier alpha value is -3.93. The Morgan fingerprint density at radius 2 is 1.89 bits per heavy atom. The van der Waals surface area contributed by atoms with Crippen molar-refractivity contribution < 1.29 is 22.7 Å². The lowest BCUT2D eigenvalue weighted by Gasteiger charge is -2.23. The van der Waals surface area contributed by atoms with Gasteiger partial charge in [0, 0.05) is 13.1 Å². The summed E-state index contributed by atoms with van der Waals surface area (Å²) < 4.78 is 42.6. The third kappa shape index (κ3) is 5.03. The average Bonchev–Trinajstić information content (AvgIpc) is 3.50. The Kier molecular flexibility index (Phi) is 6.35. The summed E-state index contributed by atoms with van der Waals surface area (Å²) in [6.45, 7) is 0.976. The van der Waals surface area contributed by atoms with E-state index in [1.54, 1.807) is 0 Å². The van der Waals surface area contributed by atoms with E-state index in [1.165, 1.54) is 18.2 Å². The van der Waals surface area contributed by atoms with Gasteiger partial charge in [0.1, 0.15) is 17.6 Å². The summed E-state index contributed by atoms with van der Waals surface area (Å²) in [6, 6.07) is 14.5. The summed E-state index contributed by atoms with van der Waals surface area (Å²) in [5.41, 5.74) is 0.434. The minimum atomic E-state index is -4.90. The number of aromatic nitrogens is 3. The van der Waals surface area contributed by atoms with Crippen LogP contribution < -0.4 is 20.5 Å². The number of para-hydroxylation sites is 1. The highest BCUT2D eigenvalue weighted by molar-refractivity contribution is 7.21. The molecule has 5 rings (SSSR count). The van der Waals surface area contributed by atoms with Crippen molar-refractivity contribution >= 4 is 32.7 Å². The highest BCUT2D eigenvalue weighted by Crippen LogP contribution is 2.35. The molecule has 1 saturated heterocycles. The number of thiazole rings is 1. The number of fused-ring (bicyclic) bond motifs is 1. The maximum atomic E-state index is 12.9. The molecule has 0 aliphatic carbocycles. The molecule has 1 atom stereocenters. The number of hydrogen-bond donors (Lipinski definition) is 2. The van der Waals surface area contributed by atoms with Crippen LogP contribution in [-0.2, 0) is 11.3 Å². The van der Waals surface area contributed by atoms with Gasteiger partial charge in [-0.05, 0) is 30.5 Å². The second-order valence-corrected chi connectivity index (χ2v) is 9.12. The van der Waals surface area contributed by atoms with Crippen LogP contribution in [0, 0.1) is 0 Å². The molecule has 1 aliphatic rings. The van der Waals surface area contributed by atoms with E-state index in [9.17, 15) is 22.8 Å². The molecule has 0 radical (unpaired) electrons. The van der Waals surface area contributed by atoms with Crippen LogP contribution >= 0.6 is 11.3 Å². The van der Waals surface area contributed by atoms with Crippen molar-refractivity contribution in [3.8, 4) is 17.1 Å². The Morgan fingerprint density at radius 3 is 2.67 bits per heavy atom. The number of rotatable bonds is 6. The number of aromatic amines is 1. The molecule has 2 aromatic heterocycles. The molecule has 2 aromatic carbocycles. The smallest absolute Gasteiger partial charge is 0.405 e. The molecule has 0 bridgehead atoms. The van der Waals surface area contributed by atoms with E-state index in [2.05, 4.69) is 25.0 Å². The van der Waals surface area contributed by atoms with Gasteiger partial charge in [0.2, 0.25) is 5.91 Å². The van der Waals surface area contributed by atoms with E-state index in [1.807, 2.05) is 35.2 Å². The molecular weight excluding hydrogens is 495 g/mol. The van der Waals surface area contributed by atoms with Crippen molar-refractivity contribution in [3.63, 3.8) is 0 Å². The van der Waals surface area contributed by atoms with Gasteiger partial charge >= 0.3 is 6.36 Å². The number of nitrogens with zero attached hydrogens (tertiary/aromatic N) is 3. The van der Waals surface area contributed by atoms with Gasteiger partial charge in [-0.3, -0.25) is 9.59 Å². The summed E-state index contributed by atoms with van der Waals surface area (Å²) in [5.74, 6) is -0.690. The number of anilines is 1. The summed E-state index contributed by atoms with van der Waals surface area (Å²) in [5, 5.41) is 3.40. The molecule has 1 amide bonds. The van der Waals surface area contributed by atoms with Crippen molar-refractivity contribution in [2.45, 2.75) is 31.8 Å². The lowest BCUT2D eigenvalue weighted by atomic mass is 10.2. The highest BCUT2D eigenvalue weighted by atomic mass is 32.1. The fourth-order valence-corrected chi connectivity index (χ4v) is 5.14. The van der Waals surface area contributed by atoms with Crippen molar-refractivity contribution in [3.05, 3.63) is 70.5 Å². The van der Waals surface area contributed by atoms with Crippen LogP contribution in [0.5, 0.6) is 5.75 Å². The molecule has 12 heteroatoms. The zero-order valence-electron chi connectivity index (χ0n) is 18.7. The molecule has 186 valence electrons. The van der Waals surface area contributed by atoms with E-state index in [4.69, 9.17) is 0 Å². The monoisotopic (exact) mass is 515 g/mol. The van der Waals surface area contributed by atoms with E-state index in [0.29, 0.717) is 24.6 Å². The maximum Gasteiger partial charge on any atom is 0.573 e. The van der Waals surface area contributed by atoms with Crippen LogP contribution in [0.2, 0.25) is 0 Å². The first-order valence-corrected chi connectivity index (χ1v) is 11.9. The van der Waals surface area contributed by atoms with Gasteiger partial charge in [-0.15, -0.1) is 13.2 Å². The first-order valence-electron chi connectivity index (χ1n) is 11.1. The largest absolute Gasteiger partial charge is 0.573 e. The van der Waals surface area contributed by atoms with Crippen LogP contribution in [-0.4, -0.2) is 39.8 Å². The van der Waals surface area contributed by atoms with Crippen LogP contribution in [0.3, 0.4) is 0 Å². The standard InChI is InChI=1S/C24H20F3N5O3S/c25-24(26,27)35-17-11-5-4-9-15(17)19-30-21(34)18-22(31-19)36-23(29-18)32-12-6-10-16(32)20(33)28-13-14-7-2-1-3-8-14/h1-5,7-9,11,16H,6,10,12-13H2,(H,28,33)(H,30,31,34)/t16-/m1/s1. The molecule has 0 saturated carbocycles. The number of alkyl halides is 3. The number of carbonyl (C=O) groups excluding carboxylic acids is 1. The van der Waals surface area contributed by atoms with Gasteiger partial charge in [-0.1, -0.05) is 53.8 Å². The summed E-state index contributed by atoms with van der Waals surface area (Å²) in [7, 11) is 0. The molecule has 1 aliphatic heterocycles. The summed E-state index contributed by atoms with van der Waals surface area (Å²) in [4.78, 5) is 39.0. The lowest BCUT2D eigenvalue weighted by molar-refractivity contribution is -0.274. The molecule has 4 aromatic rings. The number of hydrogen-bond acceptors (Lipinski definition) is 7. The number of halogens is 3. The summed E-state index contributed by atoms with van der Waals surface area (Å²) in [6.07, 6.45) is -3.49. The van der Waals surface area contributed by atoms with E-state index in [-0.39, 0.29) is 27.6 Å². The van der Waals surface area contributed by atoms with Crippen molar-refractivity contribution in [2.24, 2.45) is 0 Å². The van der Waals surface area contributed by atoms with E-state index < -0.39 is 23.7 Å². The van der Waals surface area contributed by atoms with Crippen molar-refractivity contribution in [1.29, 1.82) is 0 Å². The summed E-state index contributed by atoms with van der Waals surface area (Å²) >= 11 is 1.11. The van der Waals surface area contributed by atoms with Crippen LogP contribution in [0.1, 0.15) is 18.4 Å². The topological polar surface area (TPSA) is 100 Å². The predicted molar refractivity (Wildman–Crippen MR) is 129 cm³/mol.